The van der Waals surface area contributed by atoms with E-state index in [2.05, 4.69) is 113 Å². The molecule has 0 aromatic rings. The SMILES string of the molecule is CC/C=C\C/C=C\C/C=C\CCCCCCCC(=O)OCC(COP(=O)(O)OCC(O)COP(=O)(O)OCC(COC(=O)CCCCCCC/C=C\C/C=C\CCCCC)OC(=O)CCCCCCC/C=C\CCCCCCCC)OC(=O)CCCCCCC/C=C\CCCCCCCC. The van der Waals surface area contributed by atoms with E-state index in [1.807, 2.05) is 0 Å². The molecule has 0 aliphatic heterocycles. The molecule has 0 radical (unpaired) electrons. The summed E-state index contributed by atoms with van der Waals surface area (Å²) in [6.07, 6.45) is 75.6. The van der Waals surface area contributed by atoms with Crippen molar-refractivity contribution in [2.24, 2.45) is 0 Å². The van der Waals surface area contributed by atoms with Crippen LogP contribution in [0.3, 0.4) is 0 Å². The van der Waals surface area contributed by atoms with Crippen molar-refractivity contribution in [2.75, 3.05) is 39.6 Å². The number of carbonyl (C=O) groups excluding carboxylic acids is 4. The normalized spacial score (nSPS) is 14.3. The van der Waals surface area contributed by atoms with E-state index in [4.69, 9.17) is 37.0 Å². The van der Waals surface area contributed by atoms with Gasteiger partial charge in [0.25, 0.3) is 0 Å². The van der Waals surface area contributed by atoms with Crippen LogP contribution in [0.25, 0.3) is 0 Å². The third kappa shape index (κ3) is 72.6. The fraction of sp³-hybridized carbons (Fsp3) is 0.778. The molecule has 3 N–H and O–H groups in total. The summed E-state index contributed by atoms with van der Waals surface area (Å²) in [5.74, 6) is -2.21. The number of aliphatic hydroxyl groups is 1. The number of hydrogen-bond donors (Lipinski definition) is 3. The molecule has 0 aromatic carbocycles. The standard InChI is InChI=1S/C81H144O17P2/c1-5-9-13-17-21-25-29-33-37-41-45-49-53-57-61-65-78(83)91-71-76(97-80(85)67-63-59-55-51-47-43-39-35-31-27-23-19-15-11-7-3)73-95-99(87,88)93-69-75(82)70-94-100(89,90)96-74-77(98-81(86)68-64-60-56-52-48-44-40-36-32-28-24-20-16-12-8-4)72-92-79(84)66-62-58-54-50-46-42-38-34-30-26-22-18-14-10-6-2/h9,13,21-22,25-26,33-40,75-77,82H,5-8,10-12,14-20,23-24,27-32,41-74H2,1-4H3,(H,87,88)(H,89,90)/b13-9-,25-21-,26-22-,37-33-,38-34-,39-35-,40-36-. The molecule has 19 heteroatoms. The molecule has 100 heavy (non-hydrogen) atoms. The van der Waals surface area contributed by atoms with Crippen molar-refractivity contribution in [3.63, 3.8) is 0 Å². The lowest BCUT2D eigenvalue weighted by atomic mass is 10.1. The molecule has 0 rings (SSSR count). The lowest BCUT2D eigenvalue weighted by molar-refractivity contribution is -0.161. The van der Waals surface area contributed by atoms with Gasteiger partial charge in [0.05, 0.1) is 26.4 Å². The minimum atomic E-state index is -4.98. The highest BCUT2D eigenvalue weighted by Crippen LogP contribution is 2.45. The Morgan fingerprint density at radius 3 is 0.830 bits per heavy atom. The van der Waals surface area contributed by atoms with E-state index < -0.39 is 97.5 Å². The molecule has 0 saturated carbocycles. The summed E-state index contributed by atoms with van der Waals surface area (Å²) >= 11 is 0. The van der Waals surface area contributed by atoms with Crippen molar-refractivity contribution in [3.8, 4) is 0 Å². The average Bonchev–Trinajstić information content (AvgIpc) is 1.01. The fourth-order valence-corrected chi connectivity index (χ4v) is 12.3. The quantitative estimate of drug-likeness (QED) is 0.0169. The molecule has 0 aliphatic rings. The molecule has 0 spiro atoms. The van der Waals surface area contributed by atoms with Crippen molar-refractivity contribution in [1.29, 1.82) is 0 Å². The van der Waals surface area contributed by atoms with Crippen LogP contribution < -0.4 is 0 Å². The molecular weight excluding hydrogens is 1310 g/mol. The number of phosphoric acid groups is 2. The zero-order chi connectivity index (χ0) is 73.2. The number of allylic oxidation sites excluding steroid dienone is 14. The highest BCUT2D eigenvalue weighted by atomic mass is 31.2. The van der Waals surface area contributed by atoms with Crippen LogP contribution in [0.1, 0.15) is 349 Å². The van der Waals surface area contributed by atoms with E-state index in [0.717, 1.165) is 173 Å². The van der Waals surface area contributed by atoms with Gasteiger partial charge in [-0.3, -0.25) is 37.3 Å². The molecule has 0 amide bonds. The van der Waals surface area contributed by atoms with Gasteiger partial charge in [0.1, 0.15) is 19.3 Å². The number of ether oxygens (including phenoxy) is 4. The van der Waals surface area contributed by atoms with Gasteiger partial charge in [-0.05, 0) is 141 Å². The first kappa shape index (κ1) is 96.2. The Kier molecular flexibility index (Phi) is 70.8. The predicted octanol–water partition coefficient (Wildman–Crippen LogP) is 23.0. The Bertz CT molecular complexity index is 2230. The van der Waals surface area contributed by atoms with Crippen molar-refractivity contribution in [1.82, 2.24) is 0 Å². The summed E-state index contributed by atoms with van der Waals surface area (Å²) < 4.78 is 68.6. The number of carbonyl (C=O) groups is 4. The lowest BCUT2D eigenvalue weighted by Crippen LogP contribution is -2.30. The van der Waals surface area contributed by atoms with Crippen LogP contribution in [-0.4, -0.2) is 96.7 Å². The Morgan fingerprint density at radius 1 is 0.290 bits per heavy atom. The molecule has 580 valence electrons. The highest BCUT2D eigenvalue weighted by Gasteiger charge is 2.30. The second-order valence-electron chi connectivity index (χ2n) is 26.6. The van der Waals surface area contributed by atoms with Crippen LogP contribution in [0.15, 0.2) is 85.1 Å². The highest BCUT2D eigenvalue weighted by molar-refractivity contribution is 7.47. The zero-order valence-electron chi connectivity index (χ0n) is 63.4. The fourth-order valence-electron chi connectivity index (χ4n) is 10.7. The van der Waals surface area contributed by atoms with Gasteiger partial charge in [0, 0.05) is 25.7 Å². The number of hydrogen-bond acceptors (Lipinski definition) is 15. The van der Waals surface area contributed by atoms with Crippen LogP contribution in [0.4, 0.5) is 0 Å². The minimum absolute atomic E-state index is 0.0822. The van der Waals surface area contributed by atoms with Crippen LogP contribution in [0, 0.1) is 0 Å². The largest absolute Gasteiger partial charge is 0.472 e. The van der Waals surface area contributed by atoms with Crippen molar-refractivity contribution >= 4 is 39.5 Å². The third-order valence-electron chi connectivity index (χ3n) is 16.8. The molecule has 0 aromatic heterocycles. The first-order chi connectivity index (χ1) is 48.7. The third-order valence-corrected chi connectivity index (χ3v) is 18.7. The Labute approximate surface area is 608 Å². The lowest BCUT2D eigenvalue weighted by Gasteiger charge is -2.21. The predicted molar refractivity (Wildman–Crippen MR) is 409 cm³/mol. The summed E-state index contributed by atoms with van der Waals surface area (Å²) in [5, 5.41) is 10.6. The summed E-state index contributed by atoms with van der Waals surface area (Å²) in [6, 6.07) is 0. The second-order valence-corrected chi connectivity index (χ2v) is 29.5. The van der Waals surface area contributed by atoms with Gasteiger partial charge in [-0.15, -0.1) is 0 Å². The first-order valence-electron chi connectivity index (χ1n) is 39.8. The molecule has 0 saturated heterocycles. The van der Waals surface area contributed by atoms with Crippen LogP contribution in [-0.2, 0) is 65.4 Å². The summed E-state index contributed by atoms with van der Waals surface area (Å²) in [5.41, 5.74) is 0. The van der Waals surface area contributed by atoms with Gasteiger partial charge in [0.2, 0.25) is 0 Å². The molecule has 0 aliphatic carbocycles. The van der Waals surface area contributed by atoms with E-state index in [1.165, 1.54) is 96.3 Å². The maximum Gasteiger partial charge on any atom is 0.472 e. The monoisotopic (exact) mass is 1450 g/mol. The van der Waals surface area contributed by atoms with Gasteiger partial charge in [-0.1, -0.05) is 267 Å². The molecule has 5 atom stereocenters. The summed E-state index contributed by atoms with van der Waals surface area (Å²) in [7, 11) is -9.96. The smallest absolute Gasteiger partial charge is 0.462 e. The van der Waals surface area contributed by atoms with Gasteiger partial charge >= 0.3 is 39.5 Å². The van der Waals surface area contributed by atoms with E-state index in [9.17, 15) is 43.2 Å². The Hall–Kier alpha value is -3.76. The molecule has 0 fully saturated rings. The van der Waals surface area contributed by atoms with Gasteiger partial charge < -0.3 is 33.8 Å². The number of esters is 4. The summed E-state index contributed by atoms with van der Waals surface area (Å²) in [4.78, 5) is 73.0. The molecule has 17 nitrogen and oxygen atoms in total. The molecular formula is C81H144O17P2. The van der Waals surface area contributed by atoms with E-state index in [1.54, 1.807) is 0 Å². The molecule has 0 bridgehead atoms. The minimum Gasteiger partial charge on any atom is -0.462 e. The first-order valence-corrected chi connectivity index (χ1v) is 42.8. The van der Waals surface area contributed by atoms with Crippen molar-refractivity contribution < 1.29 is 80.2 Å². The van der Waals surface area contributed by atoms with Gasteiger partial charge in [-0.2, -0.15) is 0 Å². The van der Waals surface area contributed by atoms with E-state index in [0.29, 0.717) is 25.7 Å². The van der Waals surface area contributed by atoms with Crippen LogP contribution in [0.5, 0.6) is 0 Å². The average molecular weight is 1450 g/mol. The van der Waals surface area contributed by atoms with Gasteiger partial charge in [0.15, 0.2) is 12.2 Å². The van der Waals surface area contributed by atoms with E-state index >= 15 is 0 Å². The Morgan fingerprint density at radius 2 is 0.520 bits per heavy atom. The summed E-state index contributed by atoms with van der Waals surface area (Å²) in [6.45, 7) is 4.72. The maximum atomic E-state index is 13.1. The van der Waals surface area contributed by atoms with Crippen molar-refractivity contribution in [2.45, 2.75) is 367 Å². The van der Waals surface area contributed by atoms with Crippen LogP contribution >= 0.6 is 15.6 Å². The zero-order valence-corrected chi connectivity index (χ0v) is 65.2. The topological polar surface area (TPSA) is 237 Å². The number of unbranched alkanes of at least 4 members (excludes halogenated alkanes) is 35. The maximum absolute atomic E-state index is 13.1. The van der Waals surface area contributed by atoms with E-state index in [-0.39, 0.29) is 25.7 Å². The number of phosphoric ester groups is 2. The van der Waals surface area contributed by atoms with Gasteiger partial charge in [-0.25, -0.2) is 9.13 Å². The van der Waals surface area contributed by atoms with Crippen molar-refractivity contribution in [3.05, 3.63) is 85.1 Å². The van der Waals surface area contributed by atoms with Crippen LogP contribution in [0.2, 0.25) is 0 Å². The molecule has 5 unspecified atom stereocenters. The number of rotatable bonds is 75. The number of aliphatic hydroxyl groups excluding tert-OH is 1. The Balaban J connectivity index is 5.38. The second kappa shape index (κ2) is 73.5. The molecule has 0 heterocycles.